The molecule has 3 N–H and O–H groups in total. The van der Waals surface area contributed by atoms with E-state index in [9.17, 15) is 23.2 Å². The molecule has 2 fully saturated rings. The maximum Gasteiger partial charge on any atom is 0.257 e. The van der Waals surface area contributed by atoms with E-state index in [4.69, 9.17) is 4.74 Å². The highest BCUT2D eigenvalue weighted by Gasteiger charge is 2.46. The molecule has 2 aliphatic rings. The lowest BCUT2D eigenvalue weighted by atomic mass is 10.0. The van der Waals surface area contributed by atoms with Gasteiger partial charge in [-0.1, -0.05) is 6.07 Å². The van der Waals surface area contributed by atoms with E-state index in [0.29, 0.717) is 12.8 Å². The summed E-state index contributed by atoms with van der Waals surface area (Å²) in [4.78, 5) is 16.8. The minimum absolute atomic E-state index is 0.0767. The summed E-state index contributed by atoms with van der Waals surface area (Å²) < 4.78 is 47.5. The fourth-order valence-electron chi connectivity index (χ4n) is 3.16. The first-order chi connectivity index (χ1) is 14.9. The molecule has 2 atom stereocenters. The van der Waals surface area contributed by atoms with Gasteiger partial charge < -0.3 is 10.1 Å². The number of amides is 1. The molecule has 1 heterocycles. The number of hydrogen-bond acceptors (Lipinski definition) is 6. The molecule has 0 saturated heterocycles. The Morgan fingerprint density at radius 1 is 1.39 bits per heavy atom. The average Bonchev–Trinajstić information content (AvgIpc) is 3.66. The Morgan fingerprint density at radius 2 is 2.16 bits per heavy atom. The van der Waals surface area contributed by atoms with Crippen molar-refractivity contribution in [3.05, 3.63) is 41.7 Å². The fraction of sp³-hybridized carbons (Fsp3) is 0.500. The third-order valence-corrected chi connectivity index (χ3v) is 5.26. The molecule has 0 radical (unpaired) electrons. The summed E-state index contributed by atoms with van der Waals surface area (Å²) in [5.74, 6) is -1.09. The molecule has 11 heteroatoms. The second-order valence-electron chi connectivity index (χ2n) is 7.84. The molecular formula is C20H21F3N6O2. The maximum atomic E-state index is 14.0. The lowest BCUT2D eigenvalue weighted by Crippen LogP contribution is -2.51. The van der Waals surface area contributed by atoms with Crippen molar-refractivity contribution in [2.75, 3.05) is 0 Å². The zero-order valence-electron chi connectivity index (χ0n) is 16.4. The van der Waals surface area contributed by atoms with E-state index >= 15 is 0 Å². The first-order valence-electron chi connectivity index (χ1n) is 9.97. The number of hydrogen-bond donors (Lipinski definition) is 3. The predicted octanol–water partition coefficient (Wildman–Crippen LogP) is 2.16. The van der Waals surface area contributed by atoms with Crippen LogP contribution in [0, 0.1) is 17.1 Å². The summed E-state index contributed by atoms with van der Waals surface area (Å²) in [5.41, 5.74) is -0.876. The van der Waals surface area contributed by atoms with Crippen molar-refractivity contribution < 1.29 is 22.7 Å². The number of carbonyl (C=O) groups excluding carboxylic acids is 1. The van der Waals surface area contributed by atoms with Crippen LogP contribution in [0.3, 0.4) is 0 Å². The monoisotopic (exact) mass is 434 g/mol. The van der Waals surface area contributed by atoms with Crippen molar-refractivity contribution in [3.8, 4) is 11.8 Å². The van der Waals surface area contributed by atoms with Gasteiger partial charge >= 0.3 is 0 Å². The SMILES string of the molecule is N#CC1(NC(=O)[C@H](Cc2nc[nH]n2)N[C@@H](c2ccc(F)c(OC3CC3)c2)C(F)F)CC1. The van der Waals surface area contributed by atoms with Crippen LogP contribution in [0.2, 0.25) is 0 Å². The largest absolute Gasteiger partial charge is 0.487 e. The molecule has 4 rings (SSSR count). The summed E-state index contributed by atoms with van der Waals surface area (Å²) in [7, 11) is 0. The summed E-state index contributed by atoms with van der Waals surface area (Å²) in [6.07, 6.45) is 0.821. The Balaban J connectivity index is 1.56. The Hall–Kier alpha value is -3.13. The molecule has 0 aliphatic heterocycles. The third kappa shape index (κ3) is 5.14. The van der Waals surface area contributed by atoms with Crippen molar-refractivity contribution in [1.29, 1.82) is 5.26 Å². The highest BCUT2D eigenvalue weighted by atomic mass is 19.3. The quantitative estimate of drug-likeness (QED) is 0.528. The van der Waals surface area contributed by atoms with Crippen LogP contribution in [0.15, 0.2) is 24.5 Å². The first-order valence-corrected chi connectivity index (χ1v) is 9.97. The minimum atomic E-state index is -2.90. The Morgan fingerprint density at radius 3 is 2.74 bits per heavy atom. The van der Waals surface area contributed by atoms with Gasteiger partial charge in [0.1, 0.15) is 11.9 Å². The number of nitriles is 1. The van der Waals surface area contributed by atoms with Crippen LogP contribution >= 0.6 is 0 Å². The van der Waals surface area contributed by atoms with Gasteiger partial charge in [0, 0.05) is 6.42 Å². The second-order valence-corrected chi connectivity index (χ2v) is 7.84. The normalized spacial score (nSPS) is 18.8. The molecule has 0 spiro atoms. The number of nitrogens with zero attached hydrogens (tertiary/aromatic N) is 3. The van der Waals surface area contributed by atoms with Crippen molar-refractivity contribution in [3.63, 3.8) is 0 Å². The number of nitrogens with one attached hydrogen (secondary N) is 3. The van der Waals surface area contributed by atoms with Crippen molar-refractivity contribution in [2.45, 2.75) is 62.3 Å². The van der Waals surface area contributed by atoms with E-state index in [2.05, 4.69) is 25.8 Å². The van der Waals surface area contributed by atoms with E-state index in [1.165, 1.54) is 18.5 Å². The number of carbonyl (C=O) groups is 1. The van der Waals surface area contributed by atoms with Gasteiger partial charge in [0.25, 0.3) is 6.43 Å². The van der Waals surface area contributed by atoms with Gasteiger partial charge in [0.2, 0.25) is 5.91 Å². The van der Waals surface area contributed by atoms with E-state index in [0.717, 1.165) is 18.9 Å². The molecular weight excluding hydrogens is 413 g/mol. The van der Waals surface area contributed by atoms with Gasteiger partial charge in [0.05, 0.1) is 24.3 Å². The highest BCUT2D eigenvalue weighted by Crippen LogP contribution is 2.35. The molecule has 0 bridgehead atoms. The summed E-state index contributed by atoms with van der Waals surface area (Å²) in [5, 5.41) is 20.9. The smallest absolute Gasteiger partial charge is 0.257 e. The molecule has 31 heavy (non-hydrogen) atoms. The molecule has 0 unspecified atom stereocenters. The second kappa shape index (κ2) is 8.55. The molecule has 2 saturated carbocycles. The lowest BCUT2D eigenvalue weighted by Gasteiger charge is -2.26. The predicted molar refractivity (Wildman–Crippen MR) is 102 cm³/mol. The number of rotatable bonds is 10. The standard InChI is InChI=1S/C20H21F3N6O2/c21-13-4-1-11(7-15(13)31-12-2-3-12)17(18(22)23)27-14(8-16-25-10-26-29-16)19(30)28-20(9-24)5-6-20/h1,4,7,10,12,14,17-18,27H,2-3,5-6,8H2,(H,28,30)(H,25,26,29)/t14-,17-/m0/s1. The number of ether oxygens (including phenoxy) is 1. The number of halogens is 3. The number of H-pyrrole nitrogens is 1. The summed E-state index contributed by atoms with van der Waals surface area (Å²) in [6, 6.07) is 2.86. The number of aromatic nitrogens is 3. The topological polar surface area (TPSA) is 116 Å². The molecule has 2 aromatic rings. The molecule has 1 amide bonds. The minimum Gasteiger partial charge on any atom is -0.487 e. The summed E-state index contributed by atoms with van der Waals surface area (Å²) in [6.45, 7) is 0. The Kier molecular flexibility index (Phi) is 5.82. The van der Waals surface area contributed by atoms with Gasteiger partial charge in [-0.2, -0.15) is 10.4 Å². The molecule has 1 aromatic heterocycles. The number of alkyl halides is 2. The molecule has 2 aliphatic carbocycles. The van der Waals surface area contributed by atoms with Gasteiger partial charge in [0.15, 0.2) is 17.4 Å². The van der Waals surface area contributed by atoms with Crippen LogP contribution in [0.1, 0.15) is 43.1 Å². The zero-order chi connectivity index (χ0) is 22.0. The van der Waals surface area contributed by atoms with Crippen molar-refractivity contribution in [2.24, 2.45) is 0 Å². The van der Waals surface area contributed by atoms with Gasteiger partial charge in [-0.05, 0) is 43.4 Å². The van der Waals surface area contributed by atoms with E-state index in [1.807, 2.05) is 6.07 Å². The summed E-state index contributed by atoms with van der Waals surface area (Å²) >= 11 is 0. The maximum absolute atomic E-state index is 14.0. The highest BCUT2D eigenvalue weighted by molar-refractivity contribution is 5.83. The lowest BCUT2D eigenvalue weighted by molar-refractivity contribution is -0.124. The molecule has 164 valence electrons. The Labute approximate surface area is 176 Å². The molecule has 1 aromatic carbocycles. The number of aromatic amines is 1. The van der Waals surface area contributed by atoms with Crippen molar-refractivity contribution in [1.82, 2.24) is 25.8 Å². The third-order valence-electron chi connectivity index (χ3n) is 5.26. The van der Waals surface area contributed by atoms with Crippen LogP contribution in [0.5, 0.6) is 5.75 Å². The number of benzene rings is 1. The van der Waals surface area contributed by atoms with Crippen LogP contribution in [0.25, 0.3) is 0 Å². The Bertz CT molecular complexity index is 970. The van der Waals surface area contributed by atoms with Crippen LogP contribution in [-0.2, 0) is 11.2 Å². The first kappa shape index (κ1) is 21.1. The van der Waals surface area contributed by atoms with Crippen LogP contribution < -0.4 is 15.4 Å². The van der Waals surface area contributed by atoms with Gasteiger partial charge in [-0.25, -0.2) is 18.2 Å². The van der Waals surface area contributed by atoms with E-state index in [-0.39, 0.29) is 29.7 Å². The van der Waals surface area contributed by atoms with Crippen LogP contribution in [0.4, 0.5) is 13.2 Å². The average molecular weight is 434 g/mol. The molecule has 8 nitrogen and oxygen atoms in total. The fourth-order valence-corrected chi connectivity index (χ4v) is 3.16. The van der Waals surface area contributed by atoms with E-state index < -0.39 is 35.8 Å². The van der Waals surface area contributed by atoms with Crippen LogP contribution in [-0.4, -0.2) is 45.2 Å². The zero-order valence-corrected chi connectivity index (χ0v) is 16.4. The van der Waals surface area contributed by atoms with Gasteiger partial charge in [-0.15, -0.1) is 0 Å². The van der Waals surface area contributed by atoms with E-state index in [1.54, 1.807) is 0 Å². The van der Waals surface area contributed by atoms with Crippen molar-refractivity contribution >= 4 is 5.91 Å². The van der Waals surface area contributed by atoms with Gasteiger partial charge in [-0.3, -0.25) is 15.2 Å².